The van der Waals surface area contributed by atoms with Gasteiger partial charge in [0.2, 0.25) is 5.43 Å². The Labute approximate surface area is 183 Å². The summed E-state index contributed by atoms with van der Waals surface area (Å²) in [6.07, 6.45) is 1.60. The van der Waals surface area contributed by atoms with E-state index in [4.69, 9.17) is 0 Å². The van der Waals surface area contributed by atoms with Gasteiger partial charge in [0.05, 0.1) is 11.2 Å². The lowest BCUT2D eigenvalue weighted by Crippen LogP contribution is -2.44. The summed E-state index contributed by atoms with van der Waals surface area (Å²) < 4.78 is 16.9. The molecule has 0 spiro atoms. The Bertz CT molecular complexity index is 978. The number of hydrogen-bond donors (Lipinski definition) is 1. The van der Waals surface area contributed by atoms with Crippen LogP contribution in [0.2, 0.25) is 0 Å². The minimum absolute atomic E-state index is 0.0562. The smallest absolute Gasteiger partial charge is 0.256 e. The maximum absolute atomic E-state index is 15.0. The van der Waals surface area contributed by atoms with E-state index in [1.165, 1.54) is 6.07 Å². The van der Waals surface area contributed by atoms with E-state index in [1.54, 1.807) is 12.3 Å². The average molecular weight is 432 g/mol. The summed E-state index contributed by atoms with van der Waals surface area (Å²) in [4.78, 5) is 32.2. The Morgan fingerprint density at radius 1 is 1.13 bits per heavy atom. The summed E-state index contributed by atoms with van der Waals surface area (Å²) in [5.41, 5.74) is 0.797. The summed E-state index contributed by atoms with van der Waals surface area (Å²) in [5, 5.41) is 3.08. The van der Waals surface area contributed by atoms with Crippen molar-refractivity contribution in [3.05, 3.63) is 39.9 Å². The zero-order valence-electron chi connectivity index (χ0n) is 19.1. The highest BCUT2D eigenvalue weighted by Crippen LogP contribution is 2.26. The summed E-state index contributed by atoms with van der Waals surface area (Å²) in [6.45, 7) is 12.9. The fourth-order valence-electron chi connectivity index (χ4n) is 4.08. The quantitative estimate of drug-likeness (QED) is 0.693. The molecule has 7 nitrogen and oxygen atoms in total. The van der Waals surface area contributed by atoms with Crippen LogP contribution < -0.4 is 15.6 Å². The standard InChI is InChI=1S/C23H34FN5O2/c1-5-27(6-2)9-8-25-23(31)18-16-28(7-3)20-15-21(19(24)14-17(20)22(18)30)29-12-10-26(4)11-13-29/h14-16H,5-13H2,1-4H3,(H,25,31). The molecule has 0 unspecified atom stereocenters. The molecule has 0 radical (unpaired) electrons. The van der Waals surface area contributed by atoms with Gasteiger partial charge in [-0.1, -0.05) is 13.8 Å². The largest absolute Gasteiger partial charge is 0.367 e. The third-order valence-corrected chi connectivity index (χ3v) is 6.19. The van der Waals surface area contributed by atoms with E-state index in [1.807, 2.05) is 16.4 Å². The minimum atomic E-state index is -0.427. The Hall–Kier alpha value is -2.45. The molecule has 31 heavy (non-hydrogen) atoms. The molecule has 1 saturated heterocycles. The SMILES string of the molecule is CCN(CC)CCNC(=O)c1cn(CC)c2cc(N3CCN(C)CC3)c(F)cc2c1=O. The predicted octanol–water partition coefficient (Wildman–Crippen LogP) is 1.98. The van der Waals surface area contributed by atoms with Crippen LogP contribution >= 0.6 is 0 Å². The van der Waals surface area contributed by atoms with E-state index in [-0.39, 0.29) is 10.9 Å². The lowest BCUT2D eigenvalue weighted by molar-refractivity contribution is 0.0947. The van der Waals surface area contributed by atoms with Gasteiger partial charge >= 0.3 is 0 Å². The summed E-state index contributed by atoms with van der Waals surface area (Å²) in [6, 6.07) is 3.05. The van der Waals surface area contributed by atoms with Crippen molar-refractivity contribution in [1.29, 1.82) is 0 Å². The van der Waals surface area contributed by atoms with Crippen LogP contribution in [0.1, 0.15) is 31.1 Å². The number of hydrogen-bond acceptors (Lipinski definition) is 5. The van der Waals surface area contributed by atoms with Crippen molar-refractivity contribution in [3.63, 3.8) is 0 Å². The first-order valence-corrected chi connectivity index (χ1v) is 11.2. The van der Waals surface area contributed by atoms with Crippen molar-refractivity contribution >= 4 is 22.5 Å². The first-order chi connectivity index (χ1) is 14.9. The van der Waals surface area contributed by atoms with E-state index in [0.29, 0.717) is 24.3 Å². The van der Waals surface area contributed by atoms with Crippen LogP contribution in [0.4, 0.5) is 10.1 Å². The summed E-state index contributed by atoms with van der Waals surface area (Å²) >= 11 is 0. The van der Waals surface area contributed by atoms with Gasteiger partial charge in [-0.3, -0.25) is 9.59 Å². The maximum Gasteiger partial charge on any atom is 0.256 e. The van der Waals surface area contributed by atoms with E-state index in [2.05, 4.69) is 36.0 Å². The monoisotopic (exact) mass is 431 g/mol. The molecule has 170 valence electrons. The van der Waals surface area contributed by atoms with Gasteiger partial charge in [0, 0.05) is 57.4 Å². The van der Waals surface area contributed by atoms with Gasteiger partial charge < -0.3 is 24.6 Å². The van der Waals surface area contributed by atoms with Crippen molar-refractivity contribution in [2.24, 2.45) is 0 Å². The molecule has 0 bridgehead atoms. The molecule has 1 aliphatic rings. The number of amides is 1. The number of pyridine rings is 1. The van der Waals surface area contributed by atoms with E-state index in [0.717, 1.165) is 45.8 Å². The van der Waals surface area contributed by atoms with Gasteiger partial charge in [-0.05, 0) is 39.2 Å². The highest BCUT2D eigenvalue weighted by atomic mass is 19.1. The fraction of sp³-hybridized carbons (Fsp3) is 0.565. The molecule has 2 heterocycles. The van der Waals surface area contributed by atoms with Crippen LogP contribution in [0.5, 0.6) is 0 Å². The molecule has 1 aliphatic heterocycles. The molecule has 0 saturated carbocycles. The highest BCUT2D eigenvalue weighted by Gasteiger charge is 2.21. The maximum atomic E-state index is 15.0. The van der Waals surface area contributed by atoms with Crippen LogP contribution in [0, 0.1) is 5.82 Å². The van der Waals surface area contributed by atoms with Crippen molar-refractivity contribution in [2.45, 2.75) is 27.3 Å². The van der Waals surface area contributed by atoms with Crippen LogP contribution in [0.3, 0.4) is 0 Å². The molecular formula is C23H34FN5O2. The second-order valence-electron chi connectivity index (χ2n) is 8.05. The zero-order valence-corrected chi connectivity index (χ0v) is 19.1. The van der Waals surface area contributed by atoms with Gasteiger partial charge in [-0.25, -0.2) is 4.39 Å². The second-order valence-corrected chi connectivity index (χ2v) is 8.05. The second kappa shape index (κ2) is 10.2. The van der Waals surface area contributed by atoms with Crippen LogP contribution in [-0.4, -0.2) is 79.7 Å². The Morgan fingerprint density at radius 2 is 1.81 bits per heavy atom. The van der Waals surface area contributed by atoms with Crippen LogP contribution in [-0.2, 0) is 6.54 Å². The molecule has 0 atom stereocenters. The van der Waals surface area contributed by atoms with Gasteiger partial charge in [0.1, 0.15) is 11.4 Å². The third-order valence-electron chi connectivity index (χ3n) is 6.19. The number of anilines is 1. The number of rotatable bonds is 8. The molecule has 1 amide bonds. The molecule has 8 heteroatoms. The number of likely N-dealkylation sites (N-methyl/N-ethyl adjacent to an activating group) is 2. The average Bonchev–Trinajstić information content (AvgIpc) is 2.77. The van der Waals surface area contributed by atoms with Gasteiger partial charge in [0.25, 0.3) is 5.91 Å². The highest BCUT2D eigenvalue weighted by molar-refractivity contribution is 5.97. The first kappa shape index (κ1) is 23.2. The predicted molar refractivity (Wildman–Crippen MR) is 124 cm³/mol. The van der Waals surface area contributed by atoms with E-state index >= 15 is 4.39 Å². The molecule has 1 N–H and O–H groups in total. The lowest BCUT2D eigenvalue weighted by atomic mass is 10.1. The fourth-order valence-corrected chi connectivity index (χ4v) is 4.08. The van der Waals surface area contributed by atoms with E-state index in [9.17, 15) is 9.59 Å². The van der Waals surface area contributed by atoms with Gasteiger partial charge in [0.15, 0.2) is 0 Å². The minimum Gasteiger partial charge on any atom is -0.367 e. The number of fused-ring (bicyclic) bond motifs is 1. The number of carbonyl (C=O) groups excluding carboxylic acids is 1. The zero-order chi connectivity index (χ0) is 22.5. The van der Waals surface area contributed by atoms with E-state index < -0.39 is 17.2 Å². The topological polar surface area (TPSA) is 60.8 Å². The number of halogens is 1. The van der Waals surface area contributed by atoms with Crippen LogP contribution in [0.15, 0.2) is 23.1 Å². The molecule has 3 rings (SSSR count). The third kappa shape index (κ3) is 5.07. The number of aryl methyl sites for hydroxylation is 1. The van der Waals surface area contributed by atoms with Crippen molar-refractivity contribution in [2.75, 3.05) is 64.3 Å². The van der Waals surface area contributed by atoms with Gasteiger partial charge in [-0.15, -0.1) is 0 Å². The normalized spacial score (nSPS) is 15.1. The van der Waals surface area contributed by atoms with Crippen molar-refractivity contribution < 1.29 is 9.18 Å². The van der Waals surface area contributed by atoms with Gasteiger partial charge in [-0.2, -0.15) is 0 Å². The number of nitrogens with zero attached hydrogens (tertiary/aromatic N) is 4. The molecule has 1 fully saturated rings. The molecule has 2 aromatic rings. The van der Waals surface area contributed by atoms with Crippen molar-refractivity contribution in [1.82, 2.24) is 19.7 Å². The molecule has 1 aromatic carbocycles. The lowest BCUT2D eigenvalue weighted by Gasteiger charge is -2.34. The Balaban J connectivity index is 1.92. The molecular weight excluding hydrogens is 397 g/mol. The first-order valence-electron chi connectivity index (χ1n) is 11.2. The Morgan fingerprint density at radius 3 is 2.42 bits per heavy atom. The van der Waals surface area contributed by atoms with Crippen LogP contribution in [0.25, 0.3) is 10.9 Å². The number of piperazine rings is 1. The number of nitrogens with one attached hydrogen (secondary N) is 1. The summed E-state index contributed by atoms with van der Waals surface area (Å²) in [5.74, 6) is -0.833. The molecule has 1 aromatic heterocycles. The Kier molecular flexibility index (Phi) is 7.67. The number of benzene rings is 1. The molecule has 0 aliphatic carbocycles. The number of aromatic nitrogens is 1. The number of carbonyl (C=O) groups is 1. The van der Waals surface area contributed by atoms with Crippen molar-refractivity contribution in [3.8, 4) is 0 Å². The summed E-state index contributed by atoms with van der Waals surface area (Å²) in [7, 11) is 2.05.